The van der Waals surface area contributed by atoms with Crippen molar-refractivity contribution in [3.05, 3.63) is 24.3 Å². The van der Waals surface area contributed by atoms with Gasteiger partial charge in [0.05, 0.1) is 18.6 Å². The van der Waals surface area contributed by atoms with E-state index in [4.69, 9.17) is 21.1 Å². The molecule has 41 heavy (non-hydrogen) atoms. The number of ether oxygens (including phenoxy) is 2. The van der Waals surface area contributed by atoms with E-state index >= 15 is 0 Å². The third kappa shape index (κ3) is 23.8. The Balaban J connectivity index is 2.02. The van der Waals surface area contributed by atoms with Crippen LogP contribution in [-0.4, -0.2) is 24.4 Å². The summed E-state index contributed by atoms with van der Waals surface area (Å²) in [6.07, 6.45) is 46.5. The molecule has 1 atom stereocenters. The van der Waals surface area contributed by atoms with E-state index in [9.17, 15) is 0 Å². The highest BCUT2D eigenvalue weighted by Crippen LogP contribution is 2.35. The van der Waals surface area contributed by atoms with Crippen LogP contribution in [0.5, 0.6) is 0 Å². The third-order valence-corrected chi connectivity index (χ3v) is 9.07. The maximum absolute atomic E-state index is 6.37. The van der Waals surface area contributed by atoms with Gasteiger partial charge in [0.2, 0.25) is 0 Å². The van der Waals surface area contributed by atoms with Gasteiger partial charge in [0, 0.05) is 12.8 Å². The summed E-state index contributed by atoms with van der Waals surface area (Å²) < 4.78 is 12.6. The Morgan fingerprint density at radius 1 is 0.512 bits per heavy atom. The van der Waals surface area contributed by atoms with Crippen LogP contribution in [0.15, 0.2) is 24.3 Å². The van der Waals surface area contributed by atoms with Crippen molar-refractivity contribution in [1.82, 2.24) is 0 Å². The van der Waals surface area contributed by atoms with Gasteiger partial charge in [-0.25, -0.2) is 0 Å². The highest BCUT2D eigenvalue weighted by atomic mass is 35.5. The minimum atomic E-state index is -0.359. The predicted octanol–water partition coefficient (Wildman–Crippen LogP) is 13.4. The molecule has 1 rings (SSSR count). The lowest BCUT2D eigenvalue weighted by Crippen LogP contribution is -2.31. The Morgan fingerprint density at radius 2 is 0.854 bits per heavy atom. The van der Waals surface area contributed by atoms with Crippen molar-refractivity contribution in [3.63, 3.8) is 0 Å². The normalized spacial score (nSPS) is 17.0. The van der Waals surface area contributed by atoms with Gasteiger partial charge in [0.1, 0.15) is 0 Å². The third-order valence-electron chi connectivity index (χ3n) is 8.72. The van der Waals surface area contributed by atoms with Crippen LogP contribution in [0.3, 0.4) is 0 Å². The van der Waals surface area contributed by atoms with Crippen molar-refractivity contribution in [2.45, 2.75) is 206 Å². The first-order valence-electron chi connectivity index (χ1n) is 18.4. The lowest BCUT2D eigenvalue weighted by atomic mass is 9.98. The van der Waals surface area contributed by atoms with Gasteiger partial charge in [-0.05, 0) is 64.2 Å². The second kappa shape index (κ2) is 29.7. The molecule has 0 amide bonds. The molecule has 1 heterocycles. The molecule has 0 aromatic heterocycles. The van der Waals surface area contributed by atoms with Gasteiger partial charge in [0.25, 0.3) is 0 Å². The quantitative estimate of drug-likeness (QED) is 0.0451. The maximum atomic E-state index is 6.37. The zero-order chi connectivity index (χ0) is 29.5. The fourth-order valence-electron chi connectivity index (χ4n) is 6.01. The number of rotatable bonds is 31. The summed E-state index contributed by atoms with van der Waals surface area (Å²) >= 11 is 6.12. The Kier molecular flexibility index (Phi) is 28.1. The van der Waals surface area contributed by atoms with E-state index in [0.717, 1.165) is 12.8 Å². The van der Waals surface area contributed by atoms with E-state index < -0.39 is 0 Å². The van der Waals surface area contributed by atoms with E-state index in [0.29, 0.717) is 12.5 Å². The van der Waals surface area contributed by atoms with Gasteiger partial charge in [-0.15, -0.1) is 11.6 Å². The molecule has 3 heteroatoms. The van der Waals surface area contributed by atoms with Gasteiger partial charge in [-0.1, -0.05) is 141 Å². The van der Waals surface area contributed by atoms with Crippen LogP contribution in [0.25, 0.3) is 0 Å². The van der Waals surface area contributed by atoms with Gasteiger partial charge in [-0.3, -0.25) is 0 Å². The second-order valence-electron chi connectivity index (χ2n) is 12.8. The van der Waals surface area contributed by atoms with Crippen molar-refractivity contribution < 1.29 is 9.47 Å². The number of allylic oxidation sites excluding steroid dienone is 4. The molecule has 0 bridgehead atoms. The van der Waals surface area contributed by atoms with Crippen LogP contribution in [0, 0.1) is 0 Å². The Hall–Kier alpha value is -0.310. The summed E-state index contributed by atoms with van der Waals surface area (Å²) in [4.78, 5) is 0. The second-order valence-corrected chi connectivity index (χ2v) is 13.1. The molecule has 0 aromatic carbocycles. The Labute approximate surface area is 262 Å². The fraction of sp³-hybridized carbons (Fsp3) is 0.895. The van der Waals surface area contributed by atoms with Gasteiger partial charge in [0.15, 0.2) is 5.79 Å². The van der Waals surface area contributed by atoms with Crippen molar-refractivity contribution in [2.24, 2.45) is 0 Å². The first-order chi connectivity index (χ1) is 20.3. The first kappa shape index (κ1) is 38.7. The molecule has 0 aromatic rings. The van der Waals surface area contributed by atoms with Crippen LogP contribution < -0.4 is 0 Å². The van der Waals surface area contributed by atoms with E-state index in [1.807, 2.05) is 0 Å². The smallest absolute Gasteiger partial charge is 0.168 e. The molecule has 0 aliphatic carbocycles. The van der Waals surface area contributed by atoms with E-state index in [2.05, 4.69) is 38.2 Å². The van der Waals surface area contributed by atoms with Crippen molar-refractivity contribution >= 4 is 11.6 Å². The fourth-order valence-corrected chi connectivity index (χ4v) is 6.16. The van der Waals surface area contributed by atoms with Gasteiger partial charge < -0.3 is 9.47 Å². The summed E-state index contributed by atoms with van der Waals surface area (Å²) in [5.74, 6) is 0.185. The summed E-state index contributed by atoms with van der Waals surface area (Å²) in [6.45, 7) is 5.24. The molecular formula is C38H71ClO2. The minimum Gasteiger partial charge on any atom is -0.347 e. The molecule has 0 N–H and O–H groups in total. The Morgan fingerprint density at radius 3 is 1.20 bits per heavy atom. The van der Waals surface area contributed by atoms with E-state index in [1.54, 1.807) is 0 Å². The molecule has 1 aliphatic rings. The summed E-state index contributed by atoms with van der Waals surface area (Å²) in [6, 6.07) is 0. The number of hydrogen-bond acceptors (Lipinski definition) is 2. The van der Waals surface area contributed by atoms with Crippen molar-refractivity contribution in [1.29, 1.82) is 0 Å². The molecule has 0 spiro atoms. The number of hydrogen-bond donors (Lipinski definition) is 0. The zero-order valence-electron chi connectivity index (χ0n) is 27.8. The molecule has 1 aliphatic heterocycles. The minimum absolute atomic E-state index is 0.0745. The molecule has 0 saturated carbocycles. The highest BCUT2D eigenvalue weighted by Gasteiger charge is 2.40. The van der Waals surface area contributed by atoms with E-state index in [-0.39, 0.29) is 11.9 Å². The highest BCUT2D eigenvalue weighted by molar-refractivity contribution is 6.18. The predicted molar refractivity (Wildman–Crippen MR) is 183 cm³/mol. The molecule has 0 radical (unpaired) electrons. The monoisotopic (exact) mass is 595 g/mol. The van der Waals surface area contributed by atoms with Crippen LogP contribution in [0.1, 0.15) is 194 Å². The largest absolute Gasteiger partial charge is 0.347 e. The lowest BCUT2D eigenvalue weighted by Gasteiger charge is -2.28. The molecule has 1 saturated heterocycles. The average Bonchev–Trinajstić information content (AvgIpc) is 3.40. The average molecular weight is 595 g/mol. The molecule has 0 unspecified atom stereocenters. The number of halogens is 1. The first-order valence-corrected chi connectivity index (χ1v) is 19.0. The van der Waals surface area contributed by atoms with Crippen LogP contribution in [-0.2, 0) is 9.47 Å². The van der Waals surface area contributed by atoms with Crippen molar-refractivity contribution in [2.75, 3.05) is 12.5 Å². The van der Waals surface area contributed by atoms with Crippen LogP contribution >= 0.6 is 11.6 Å². The molecule has 2 nitrogen and oxygen atoms in total. The van der Waals surface area contributed by atoms with E-state index in [1.165, 1.54) is 167 Å². The summed E-state index contributed by atoms with van der Waals surface area (Å²) in [5, 5.41) is 0. The maximum Gasteiger partial charge on any atom is 0.168 e. The summed E-state index contributed by atoms with van der Waals surface area (Å²) in [7, 11) is 0. The van der Waals surface area contributed by atoms with Gasteiger partial charge in [-0.2, -0.15) is 0 Å². The SMILES string of the molecule is CCCCCCC/C=C\CCCCCCCCC1(CCCCCCCC/C=C\CCCCCCC)OC[C@H](CCl)O1. The molecule has 1 fully saturated rings. The summed E-state index contributed by atoms with van der Waals surface area (Å²) in [5.41, 5.74) is 0. The number of alkyl halides is 1. The van der Waals surface area contributed by atoms with Gasteiger partial charge >= 0.3 is 0 Å². The lowest BCUT2D eigenvalue weighted by molar-refractivity contribution is -0.177. The molecule has 242 valence electrons. The van der Waals surface area contributed by atoms with Crippen LogP contribution in [0.4, 0.5) is 0 Å². The Bertz CT molecular complexity index is 547. The standard InChI is InChI=1S/C38H71ClO2/c1-3-5-7-9-11-13-15-17-19-21-23-25-27-29-31-33-38(40-36-37(35-39)41-38)34-32-30-28-26-24-22-20-18-16-14-12-10-8-6-4-2/h15-18,37H,3-14,19-36H2,1-2H3/b17-15-,18-16-/t37-/m0/s1. The molecular weight excluding hydrogens is 524 g/mol. The zero-order valence-corrected chi connectivity index (χ0v) is 28.6. The van der Waals surface area contributed by atoms with Crippen molar-refractivity contribution in [3.8, 4) is 0 Å². The topological polar surface area (TPSA) is 18.5 Å². The number of unbranched alkanes of at least 4 members (excludes halogenated alkanes) is 22. The van der Waals surface area contributed by atoms with Crippen LogP contribution in [0.2, 0.25) is 0 Å².